The predicted octanol–water partition coefficient (Wildman–Crippen LogP) is 4.29. The zero-order valence-electron chi connectivity index (χ0n) is 13.3. The summed E-state index contributed by atoms with van der Waals surface area (Å²) < 4.78 is 0. The quantitative estimate of drug-likeness (QED) is 0.888. The van der Waals surface area contributed by atoms with Crippen molar-refractivity contribution in [1.29, 1.82) is 0 Å². The summed E-state index contributed by atoms with van der Waals surface area (Å²) in [5, 5.41) is 3.53. The van der Waals surface area contributed by atoms with E-state index in [4.69, 9.17) is 11.6 Å². The molecule has 0 aromatic heterocycles. The van der Waals surface area contributed by atoms with Gasteiger partial charge in [0.15, 0.2) is 0 Å². The molecule has 0 bridgehead atoms. The van der Waals surface area contributed by atoms with Gasteiger partial charge in [0.05, 0.1) is 0 Å². The minimum atomic E-state index is 0.0189. The third kappa shape index (κ3) is 3.92. The molecule has 0 radical (unpaired) electrons. The number of fused-ring (bicyclic) bond motifs is 1. The lowest BCUT2D eigenvalue weighted by molar-refractivity contribution is -0.116. The zero-order valence-corrected chi connectivity index (χ0v) is 14.0. The first kappa shape index (κ1) is 16.0. The van der Waals surface area contributed by atoms with Gasteiger partial charge in [-0.1, -0.05) is 41.9 Å². The summed E-state index contributed by atoms with van der Waals surface area (Å²) in [4.78, 5) is 14.4. The molecule has 0 fully saturated rings. The van der Waals surface area contributed by atoms with E-state index in [1.54, 1.807) is 12.1 Å². The van der Waals surface area contributed by atoms with Gasteiger partial charge in [0.1, 0.15) is 0 Å². The van der Waals surface area contributed by atoms with E-state index in [1.807, 2.05) is 12.1 Å². The van der Waals surface area contributed by atoms with Crippen molar-refractivity contribution in [3.63, 3.8) is 0 Å². The fourth-order valence-corrected chi connectivity index (χ4v) is 3.41. The second-order valence-corrected chi connectivity index (χ2v) is 6.48. The Morgan fingerprint density at radius 3 is 2.91 bits per heavy atom. The number of benzene rings is 2. The van der Waals surface area contributed by atoms with Gasteiger partial charge in [-0.3, -0.25) is 9.69 Å². The number of hydrogen-bond donors (Lipinski definition) is 1. The summed E-state index contributed by atoms with van der Waals surface area (Å²) in [6, 6.07) is 16.3. The molecule has 23 heavy (non-hydrogen) atoms. The van der Waals surface area contributed by atoms with Gasteiger partial charge in [-0.25, -0.2) is 0 Å². The van der Waals surface area contributed by atoms with Crippen LogP contribution in [0.5, 0.6) is 0 Å². The molecular weight excluding hydrogens is 308 g/mol. The first-order valence-electron chi connectivity index (χ1n) is 7.97. The fraction of sp³-hybridized carbons (Fsp3) is 0.316. The maximum atomic E-state index is 12.1. The van der Waals surface area contributed by atoms with E-state index >= 15 is 0 Å². The molecule has 0 saturated carbocycles. The molecular formula is C19H21ClN2O. The van der Waals surface area contributed by atoms with E-state index in [2.05, 4.69) is 41.5 Å². The van der Waals surface area contributed by atoms with Crippen molar-refractivity contribution in [2.45, 2.75) is 25.3 Å². The number of carbonyl (C=O) groups excluding carboxylic acids is 1. The summed E-state index contributed by atoms with van der Waals surface area (Å²) in [7, 11) is 2.10. The normalized spacial score (nSPS) is 16.4. The third-order valence-corrected chi connectivity index (χ3v) is 4.67. The Labute approximate surface area is 142 Å². The number of nitrogens with zero attached hydrogens (tertiary/aromatic N) is 1. The molecule has 2 aromatic rings. The Morgan fingerprint density at radius 1 is 1.26 bits per heavy atom. The Bertz CT molecular complexity index is 701. The highest BCUT2D eigenvalue weighted by atomic mass is 35.5. The zero-order chi connectivity index (χ0) is 16.2. The topological polar surface area (TPSA) is 32.3 Å². The molecule has 4 heteroatoms. The van der Waals surface area contributed by atoms with Crippen molar-refractivity contribution in [2.75, 3.05) is 18.9 Å². The molecule has 1 atom stereocenters. The number of carbonyl (C=O) groups is 1. The Balaban J connectivity index is 1.53. The van der Waals surface area contributed by atoms with E-state index < -0.39 is 0 Å². The highest BCUT2D eigenvalue weighted by Gasteiger charge is 2.25. The monoisotopic (exact) mass is 328 g/mol. The number of aryl methyl sites for hydroxylation is 1. The minimum absolute atomic E-state index is 0.0189. The van der Waals surface area contributed by atoms with Gasteiger partial charge >= 0.3 is 0 Å². The standard InChI is InChI=1S/C19H21ClN2O/c1-22(18-10-9-14-5-2-3-8-17(14)18)12-11-19(23)21-16-7-4-6-15(20)13-16/h2-8,13,18H,9-12H2,1H3,(H,21,23)/t18-/m0/s1. The number of nitrogens with one attached hydrogen (secondary N) is 1. The maximum Gasteiger partial charge on any atom is 0.225 e. The lowest BCUT2D eigenvalue weighted by atomic mass is 10.1. The van der Waals surface area contributed by atoms with E-state index in [-0.39, 0.29) is 5.91 Å². The summed E-state index contributed by atoms with van der Waals surface area (Å²) in [6.45, 7) is 0.741. The first-order chi connectivity index (χ1) is 11.1. The Kier molecular flexibility index (Phi) is 4.99. The maximum absolute atomic E-state index is 12.1. The van der Waals surface area contributed by atoms with Crippen LogP contribution in [0.4, 0.5) is 5.69 Å². The van der Waals surface area contributed by atoms with Crippen molar-refractivity contribution in [2.24, 2.45) is 0 Å². The summed E-state index contributed by atoms with van der Waals surface area (Å²) in [5.41, 5.74) is 3.59. The van der Waals surface area contributed by atoms with Gasteiger partial charge in [-0.2, -0.15) is 0 Å². The average Bonchev–Trinajstić information content (AvgIpc) is 2.97. The van der Waals surface area contributed by atoms with Crippen molar-refractivity contribution < 1.29 is 4.79 Å². The molecule has 0 heterocycles. The largest absolute Gasteiger partial charge is 0.326 e. The van der Waals surface area contributed by atoms with Crippen LogP contribution in [-0.2, 0) is 11.2 Å². The van der Waals surface area contributed by atoms with E-state index in [0.717, 1.165) is 25.1 Å². The van der Waals surface area contributed by atoms with E-state index in [9.17, 15) is 4.79 Å². The van der Waals surface area contributed by atoms with Crippen molar-refractivity contribution in [3.8, 4) is 0 Å². The molecule has 1 amide bonds. The Morgan fingerprint density at radius 2 is 2.09 bits per heavy atom. The number of amides is 1. The van der Waals surface area contributed by atoms with Gasteiger partial charge in [-0.05, 0) is 49.2 Å². The lowest BCUT2D eigenvalue weighted by Gasteiger charge is -2.25. The molecule has 0 aliphatic heterocycles. The third-order valence-electron chi connectivity index (χ3n) is 4.43. The number of rotatable bonds is 5. The van der Waals surface area contributed by atoms with Gasteiger partial charge in [0.25, 0.3) is 0 Å². The lowest BCUT2D eigenvalue weighted by Crippen LogP contribution is -2.27. The number of anilines is 1. The molecule has 3 rings (SSSR count). The minimum Gasteiger partial charge on any atom is -0.326 e. The Hall–Kier alpha value is -1.84. The van der Waals surface area contributed by atoms with Crippen molar-refractivity contribution >= 4 is 23.2 Å². The van der Waals surface area contributed by atoms with Crippen LogP contribution in [0.1, 0.15) is 30.0 Å². The van der Waals surface area contributed by atoms with Crippen LogP contribution in [0.2, 0.25) is 5.02 Å². The molecule has 2 aromatic carbocycles. The summed E-state index contributed by atoms with van der Waals surface area (Å²) in [6.07, 6.45) is 2.73. The molecule has 3 nitrogen and oxygen atoms in total. The van der Waals surface area contributed by atoms with Gasteiger partial charge < -0.3 is 5.32 Å². The van der Waals surface area contributed by atoms with Gasteiger partial charge in [-0.15, -0.1) is 0 Å². The summed E-state index contributed by atoms with van der Waals surface area (Å²) in [5.74, 6) is 0.0189. The highest BCUT2D eigenvalue weighted by molar-refractivity contribution is 6.30. The second kappa shape index (κ2) is 7.16. The van der Waals surface area contributed by atoms with E-state index in [0.29, 0.717) is 17.5 Å². The van der Waals surface area contributed by atoms with Crippen molar-refractivity contribution in [1.82, 2.24) is 4.90 Å². The number of hydrogen-bond acceptors (Lipinski definition) is 2. The predicted molar refractivity (Wildman–Crippen MR) is 94.8 cm³/mol. The first-order valence-corrected chi connectivity index (χ1v) is 8.35. The van der Waals surface area contributed by atoms with Crippen LogP contribution in [0.15, 0.2) is 48.5 Å². The SMILES string of the molecule is CN(CCC(=O)Nc1cccc(Cl)c1)[C@H]1CCc2ccccc21. The molecule has 0 spiro atoms. The van der Waals surface area contributed by atoms with Crippen LogP contribution < -0.4 is 5.32 Å². The van der Waals surface area contributed by atoms with Crippen LogP contribution >= 0.6 is 11.6 Å². The number of halogens is 1. The van der Waals surface area contributed by atoms with Crippen LogP contribution in [-0.4, -0.2) is 24.4 Å². The molecule has 1 aliphatic carbocycles. The average molecular weight is 329 g/mol. The van der Waals surface area contributed by atoms with Crippen LogP contribution in [0.25, 0.3) is 0 Å². The van der Waals surface area contributed by atoms with Crippen LogP contribution in [0.3, 0.4) is 0 Å². The molecule has 120 valence electrons. The van der Waals surface area contributed by atoms with Gasteiger partial charge in [0.2, 0.25) is 5.91 Å². The second-order valence-electron chi connectivity index (χ2n) is 6.04. The van der Waals surface area contributed by atoms with Gasteiger partial charge in [0, 0.05) is 29.7 Å². The van der Waals surface area contributed by atoms with Crippen molar-refractivity contribution in [3.05, 3.63) is 64.7 Å². The molecule has 1 aliphatic rings. The molecule has 1 N–H and O–H groups in total. The summed E-state index contributed by atoms with van der Waals surface area (Å²) >= 11 is 5.93. The molecule has 0 saturated heterocycles. The molecule has 0 unspecified atom stereocenters. The smallest absolute Gasteiger partial charge is 0.225 e. The van der Waals surface area contributed by atoms with Crippen LogP contribution in [0, 0.1) is 0 Å². The fourth-order valence-electron chi connectivity index (χ4n) is 3.22. The van der Waals surface area contributed by atoms with E-state index in [1.165, 1.54) is 11.1 Å². The highest BCUT2D eigenvalue weighted by Crippen LogP contribution is 2.34.